The maximum Gasteiger partial charge on any atom is 0.244 e. The largest absolute Gasteiger partial charge is 0.353 e. The predicted octanol–water partition coefficient (Wildman–Crippen LogP) is 0.866. The molecule has 25 heavy (non-hydrogen) atoms. The Morgan fingerprint density at radius 1 is 1.28 bits per heavy atom. The molecule has 1 aromatic carbocycles. The average Bonchev–Trinajstić information content (AvgIpc) is 2.61. The number of amides is 3. The molecule has 7 nitrogen and oxygen atoms in total. The summed E-state index contributed by atoms with van der Waals surface area (Å²) in [5.74, 6) is -0.163. The molecule has 2 heterocycles. The van der Waals surface area contributed by atoms with Gasteiger partial charge < -0.3 is 20.9 Å². The number of nitrogens with zero attached hydrogens (tertiary/aromatic N) is 1. The summed E-state index contributed by atoms with van der Waals surface area (Å²) in [5, 5.41) is 9.07. The van der Waals surface area contributed by atoms with Crippen molar-refractivity contribution in [3.05, 3.63) is 24.3 Å². The van der Waals surface area contributed by atoms with Crippen molar-refractivity contribution in [3.63, 3.8) is 0 Å². The highest BCUT2D eigenvalue weighted by molar-refractivity contribution is 6.10. The maximum absolute atomic E-state index is 12.5. The van der Waals surface area contributed by atoms with E-state index >= 15 is 0 Å². The van der Waals surface area contributed by atoms with Crippen molar-refractivity contribution < 1.29 is 14.4 Å². The van der Waals surface area contributed by atoms with E-state index in [1.165, 1.54) is 4.90 Å². The minimum atomic E-state index is -0.222. The normalized spacial score (nSPS) is 22.8. The molecule has 0 aromatic heterocycles. The fourth-order valence-corrected chi connectivity index (χ4v) is 3.32. The zero-order chi connectivity index (χ0) is 17.8. The molecule has 0 radical (unpaired) electrons. The first kappa shape index (κ1) is 17.4. The Morgan fingerprint density at radius 2 is 2.08 bits per heavy atom. The van der Waals surface area contributed by atoms with Crippen LogP contribution in [0.25, 0.3) is 0 Å². The third-order valence-electron chi connectivity index (χ3n) is 4.77. The first-order valence-electron chi connectivity index (χ1n) is 8.74. The highest BCUT2D eigenvalue weighted by atomic mass is 16.2. The van der Waals surface area contributed by atoms with Crippen LogP contribution in [0.4, 0.5) is 11.4 Å². The van der Waals surface area contributed by atoms with Crippen molar-refractivity contribution >= 4 is 29.1 Å². The molecule has 0 spiro atoms. The van der Waals surface area contributed by atoms with Crippen LogP contribution in [0.3, 0.4) is 0 Å². The fourth-order valence-electron chi connectivity index (χ4n) is 3.32. The Kier molecular flexibility index (Phi) is 5.33. The summed E-state index contributed by atoms with van der Waals surface area (Å²) < 4.78 is 0. The number of hydrogen-bond acceptors (Lipinski definition) is 4. The standard InChI is InChI=1S/C18H24N4O3/c1-12-10-19-9-8-13(12)20-16(23)6-7-18(25)22-11-17(24)21-14-4-2-3-5-15(14)22/h2-5,12-13,19H,6-11H2,1H3,(H,20,23)(H,21,24). The van der Waals surface area contributed by atoms with Crippen molar-refractivity contribution in [1.29, 1.82) is 0 Å². The first-order valence-corrected chi connectivity index (χ1v) is 8.74. The molecule has 3 amide bonds. The van der Waals surface area contributed by atoms with Gasteiger partial charge in [0.2, 0.25) is 17.7 Å². The van der Waals surface area contributed by atoms with Gasteiger partial charge in [-0.1, -0.05) is 19.1 Å². The van der Waals surface area contributed by atoms with E-state index in [-0.39, 0.29) is 43.1 Å². The van der Waals surface area contributed by atoms with Gasteiger partial charge in [-0.2, -0.15) is 0 Å². The van der Waals surface area contributed by atoms with Crippen molar-refractivity contribution in [2.75, 3.05) is 29.9 Å². The van der Waals surface area contributed by atoms with Crippen LogP contribution in [0, 0.1) is 5.92 Å². The molecule has 2 unspecified atom stereocenters. The van der Waals surface area contributed by atoms with Crippen LogP contribution in [0.1, 0.15) is 26.2 Å². The lowest BCUT2D eigenvalue weighted by molar-refractivity contribution is -0.126. The quantitative estimate of drug-likeness (QED) is 0.756. The minimum Gasteiger partial charge on any atom is -0.353 e. The number of carbonyl (C=O) groups excluding carboxylic acids is 3. The molecule has 3 rings (SSSR count). The van der Waals surface area contributed by atoms with Crippen LogP contribution < -0.4 is 20.9 Å². The third-order valence-corrected chi connectivity index (χ3v) is 4.77. The van der Waals surface area contributed by atoms with Crippen molar-refractivity contribution in [3.8, 4) is 0 Å². The lowest BCUT2D eigenvalue weighted by atomic mass is 9.95. The van der Waals surface area contributed by atoms with Gasteiger partial charge in [-0.05, 0) is 37.6 Å². The van der Waals surface area contributed by atoms with E-state index in [1.807, 2.05) is 6.07 Å². The second-order valence-electron chi connectivity index (χ2n) is 6.69. The van der Waals surface area contributed by atoms with E-state index in [0.29, 0.717) is 17.3 Å². The van der Waals surface area contributed by atoms with Crippen molar-refractivity contribution in [2.45, 2.75) is 32.2 Å². The fraction of sp³-hybridized carbons (Fsp3) is 0.500. The zero-order valence-electron chi connectivity index (χ0n) is 14.4. The van der Waals surface area contributed by atoms with Crippen LogP contribution in [0.2, 0.25) is 0 Å². The van der Waals surface area contributed by atoms with Crippen LogP contribution >= 0.6 is 0 Å². The highest BCUT2D eigenvalue weighted by Gasteiger charge is 2.27. The van der Waals surface area contributed by atoms with Gasteiger partial charge in [0, 0.05) is 18.9 Å². The highest BCUT2D eigenvalue weighted by Crippen LogP contribution is 2.29. The number of para-hydroxylation sites is 2. The summed E-state index contributed by atoms with van der Waals surface area (Å²) in [6, 6.07) is 7.34. The molecule has 0 saturated carbocycles. The molecular formula is C18H24N4O3. The zero-order valence-corrected chi connectivity index (χ0v) is 14.4. The maximum atomic E-state index is 12.5. The van der Waals surface area contributed by atoms with Crippen LogP contribution in [-0.4, -0.2) is 43.4 Å². The Labute approximate surface area is 147 Å². The molecule has 0 bridgehead atoms. The molecule has 1 fully saturated rings. The summed E-state index contributed by atoms with van der Waals surface area (Å²) in [5.41, 5.74) is 1.31. The van der Waals surface area contributed by atoms with Crippen molar-refractivity contribution in [1.82, 2.24) is 10.6 Å². The summed E-state index contributed by atoms with van der Waals surface area (Å²) in [4.78, 5) is 37.9. The molecule has 1 aromatic rings. The molecular weight excluding hydrogens is 320 g/mol. The number of anilines is 2. The second kappa shape index (κ2) is 7.65. The molecule has 3 N–H and O–H groups in total. The van der Waals surface area contributed by atoms with Gasteiger partial charge in [0.1, 0.15) is 6.54 Å². The van der Waals surface area contributed by atoms with Gasteiger partial charge in [0.05, 0.1) is 11.4 Å². The van der Waals surface area contributed by atoms with Crippen molar-refractivity contribution in [2.24, 2.45) is 5.92 Å². The molecule has 1 saturated heterocycles. The van der Waals surface area contributed by atoms with Crippen LogP contribution in [0.5, 0.6) is 0 Å². The molecule has 134 valence electrons. The number of rotatable bonds is 4. The van der Waals surface area contributed by atoms with Gasteiger partial charge in [-0.15, -0.1) is 0 Å². The van der Waals surface area contributed by atoms with E-state index in [1.54, 1.807) is 18.2 Å². The topological polar surface area (TPSA) is 90.5 Å². The Bertz CT molecular complexity index is 676. The van der Waals surface area contributed by atoms with Gasteiger partial charge in [-0.25, -0.2) is 0 Å². The Morgan fingerprint density at radius 3 is 2.88 bits per heavy atom. The Hall–Kier alpha value is -2.41. The number of fused-ring (bicyclic) bond motifs is 1. The molecule has 2 aliphatic rings. The SMILES string of the molecule is CC1CNCCC1NC(=O)CCC(=O)N1CC(=O)Nc2ccccc21. The van der Waals surface area contributed by atoms with Crippen LogP contribution in [-0.2, 0) is 14.4 Å². The lowest BCUT2D eigenvalue weighted by Gasteiger charge is -2.31. The number of benzene rings is 1. The second-order valence-corrected chi connectivity index (χ2v) is 6.69. The third kappa shape index (κ3) is 4.17. The van der Waals surface area contributed by atoms with E-state index in [2.05, 4.69) is 22.9 Å². The van der Waals surface area contributed by atoms with Gasteiger partial charge in [0.15, 0.2) is 0 Å². The van der Waals surface area contributed by atoms with Gasteiger partial charge >= 0.3 is 0 Å². The monoisotopic (exact) mass is 344 g/mol. The Balaban J connectivity index is 1.56. The molecule has 2 aliphatic heterocycles. The van der Waals surface area contributed by atoms with E-state index in [0.717, 1.165) is 19.5 Å². The van der Waals surface area contributed by atoms with Crippen LogP contribution in [0.15, 0.2) is 24.3 Å². The smallest absolute Gasteiger partial charge is 0.244 e. The predicted molar refractivity (Wildman–Crippen MR) is 95.2 cm³/mol. The number of carbonyl (C=O) groups is 3. The van der Waals surface area contributed by atoms with Gasteiger partial charge in [0.25, 0.3) is 0 Å². The summed E-state index contributed by atoms with van der Waals surface area (Å²) in [6.45, 7) is 3.88. The minimum absolute atomic E-state index is 0.0111. The summed E-state index contributed by atoms with van der Waals surface area (Å²) >= 11 is 0. The summed E-state index contributed by atoms with van der Waals surface area (Å²) in [7, 11) is 0. The number of nitrogens with one attached hydrogen (secondary N) is 3. The van der Waals surface area contributed by atoms with Gasteiger partial charge in [-0.3, -0.25) is 14.4 Å². The first-order chi connectivity index (χ1) is 12.0. The van der Waals surface area contributed by atoms with E-state index < -0.39 is 0 Å². The summed E-state index contributed by atoms with van der Waals surface area (Å²) in [6.07, 6.45) is 1.13. The van der Waals surface area contributed by atoms with E-state index in [9.17, 15) is 14.4 Å². The molecule has 2 atom stereocenters. The average molecular weight is 344 g/mol. The number of hydrogen-bond donors (Lipinski definition) is 3. The number of piperidine rings is 1. The lowest BCUT2D eigenvalue weighted by Crippen LogP contribution is -2.48. The van der Waals surface area contributed by atoms with E-state index in [4.69, 9.17) is 0 Å². The molecule has 7 heteroatoms. The molecule has 0 aliphatic carbocycles.